The minimum atomic E-state index is -0.175. The first-order valence-electron chi connectivity index (χ1n) is 6.73. The molecule has 0 unspecified atom stereocenters. The number of nitrogens with zero attached hydrogens (tertiary/aromatic N) is 2. The second-order valence-electron chi connectivity index (χ2n) is 4.59. The van der Waals surface area contributed by atoms with Gasteiger partial charge >= 0.3 is 0 Å². The quantitative estimate of drug-likeness (QED) is 0.735. The minimum Gasteiger partial charge on any atom is -0.492 e. The Morgan fingerprint density at radius 2 is 2.20 bits per heavy atom. The first-order valence-corrected chi connectivity index (χ1v) is 6.73. The first kappa shape index (κ1) is 14.5. The standard InChI is InChI=1S/C15H18N2O3/c16-5-4-15(18)13-2-1-3-14(12-13)20-11-8-17-6-9-19-10-7-17/h1-3,12H,4,6-11H2. The van der Waals surface area contributed by atoms with Gasteiger partial charge in [0.15, 0.2) is 5.78 Å². The summed E-state index contributed by atoms with van der Waals surface area (Å²) >= 11 is 0. The fourth-order valence-electron chi connectivity index (χ4n) is 2.05. The van der Waals surface area contributed by atoms with E-state index in [1.165, 1.54) is 0 Å². The molecule has 0 saturated carbocycles. The van der Waals surface area contributed by atoms with Crippen molar-refractivity contribution in [3.05, 3.63) is 29.8 Å². The number of hydrogen-bond donors (Lipinski definition) is 0. The monoisotopic (exact) mass is 274 g/mol. The van der Waals surface area contributed by atoms with E-state index >= 15 is 0 Å². The normalized spacial score (nSPS) is 15.6. The fraction of sp³-hybridized carbons (Fsp3) is 0.467. The van der Waals surface area contributed by atoms with Crippen LogP contribution in [-0.2, 0) is 4.74 Å². The highest BCUT2D eigenvalue weighted by Crippen LogP contribution is 2.14. The van der Waals surface area contributed by atoms with Crippen LogP contribution in [0.3, 0.4) is 0 Å². The molecule has 0 aromatic heterocycles. The van der Waals surface area contributed by atoms with E-state index in [0.717, 1.165) is 32.8 Å². The van der Waals surface area contributed by atoms with Gasteiger partial charge in [0, 0.05) is 25.2 Å². The number of nitriles is 1. The summed E-state index contributed by atoms with van der Waals surface area (Å²) in [6.07, 6.45) is -0.1000. The van der Waals surface area contributed by atoms with Gasteiger partial charge in [0.25, 0.3) is 0 Å². The molecule has 0 amide bonds. The number of carbonyl (C=O) groups excluding carboxylic acids is 1. The van der Waals surface area contributed by atoms with E-state index in [4.69, 9.17) is 14.7 Å². The van der Waals surface area contributed by atoms with Gasteiger partial charge in [-0.2, -0.15) is 5.26 Å². The van der Waals surface area contributed by atoms with Gasteiger partial charge in [-0.3, -0.25) is 9.69 Å². The van der Waals surface area contributed by atoms with Crippen molar-refractivity contribution < 1.29 is 14.3 Å². The molecular weight excluding hydrogens is 256 g/mol. The smallest absolute Gasteiger partial charge is 0.177 e. The SMILES string of the molecule is N#CCC(=O)c1cccc(OCCN2CCOCC2)c1. The molecule has 1 heterocycles. The molecule has 0 bridgehead atoms. The van der Waals surface area contributed by atoms with E-state index in [9.17, 15) is 4.79 Å². The highest BCUT2D eigenvalue weighted by molar-refractivity contribution is 5.97. The highest BCUT2D eigenvalue weighted by atomic mass is 16.5. The van der Waals surface area contributed by atoms with Crippen LogP contribution in [0.25, 0.3) is 0 Å². The Balaban J connectivity index is 1.82. The van der Waals surface area contributed by atoms with E-state index in [1.54, 1.807) is 18.2 Å². The van der Waals surface area contributed by atoms with Gasteiger partial charge in [0.2, 0.25) is 0 Å². The molecule has 0 spiro atoms. The number of carbonyl (C=O) groups is 1. The lowest BCUT2D eigenvalue weighted by Gasteiger charge is -2.26. The van der Waals surface area contributed by atoms with Crippen LogP contribution >= 0.6 is 0 Å². The molecule has 1 saturated heterocycles. The Morgan fingerprint density at radius 3 is 2.95 bits per heavy atom. The molecule has 1 fully saturated rings. The molecule has 0 radical (unpaired) electrons. The van der Waals surface area contributed by atoms with Crippen molar-refractivity contribution in [3.8, 4) is 11.8 Å². The number of benzene rings is 1. The van der Waals surface area contributed by atoms with Crippen molar-refractivity contribution in [2.45, 2.75) is 6.42 Å². The van der Waals surface area contributed by atoms with Gasteiger partial charge in [-0.15, -0.1) is 0 Å². The number of rotatable bonds is 6. The summed E-state index contributed by atoms with van der Waals surface area (Å²) in [5.74, 6) is 0.494. The van der Waals surface area contributed by atoms with Crippen LogP contribution in [0.2, 0.25) is 0 Å². The third-order valence-electron chi connectivity index (χ3n) is 3.18. The Kier molecular flexibility index (Phi) is 5.54. The Labute approximate surface area is 118 Å². The van der Waals surface area contributed by atoms with Crippen LogP contribution in [0, 0.1) is 11.3 Å². The molecule has 5 nitrogen and oxygen atoms in total. The van der Waals surface area contributed by atoms with Gasteiger partial charge in [0.1, 0.15) is 12.4 Å². The summed E-state index contributed by atoms with van der Waals surface area (Å²) in [6.45, 7) is 4.85. The number of hydrogen-bond acceptors (Lipinski definition) is 5. The van der Waals surface area contributed by atoms with Crippen molar-refractivity contribution in [1.82, 2.24) is 4.90 Å². The lowest BCUT2D eigenvalue weighted by molar-refractivity contribution is 0.0322. The minimum absolute atomic E-state index is 0.1000. The third kappa shape index (κ3) is 4.34. The number of morpholine rings is 1. The number of ketones is 1. The zero-order valence-electron chi connectivity index (χ0n) is 11.4. The average molecular weight is 274 g/mol. The lowest BCUT2D eigenvalue weighted by Crippen LogP contribution is -2.38. The van der Waals surface area contributed by atoms with Gasteiger partial charge in [-0.25, -0.2) is 0 Å². The molecule has 1 aliphatic rings. The van der Waals surface area contributed by atoms with E-state index in [2.05, 4.69) is 4.90 Å². The summed E-state index contributed by atoms with van der Waals surface area (Å²) < 4.78 is 10.9. The lowest BCUT2D eigenvalue weighted by atomic mass is 10.1. The molecule has 2 rings (SSSR count). The molecule has 5 heteroatoms. The molecule has 0 N–H and O–H groups in total. The fourth-order valence-corrected chi connectivity index (χ4v) is 2.05. The van der Waals surface area contributed by atoms with Crippen LogP contribution in [0.1, 0.15) is 16.8 Å². The second kappa shape index (κ2) is 7.63. The van der Waals surface area contributed by atoms with Crippen LogP contribution < -0.4 is 4.74 Å². The molecule has 0 aliphatic carbocycles. The van der Waals surface area contributed by atoms with Crippen LogP contribution in [0.4, 0.5) is 0 Å². The average Bonchev–Trinajstić information content (AvgIpc) is 2.49. The van der Waals surface area contributed by atoms with Crippen LogP contribution in [-0.4, -0.2) is 50.1 Å². The Morgan fingerprint density at radius 1 is 1.40 bits per heavy atom. The molecule has 106 valence electrons. The maximum Gasteiger partial charge on any atom is 0.177 e. The summed E-state index contributed by atoms with van der Waals surface area (Å²) in [6, 6.07) is 8.85. The first-order chi connectivity index (χ1) is 9.79. The second-order valence-corrected chi connectivity index (χ2v) is 4.59. The largest absolute Gasteiger partial charge is 0.492 e. The highest BCUT2D eigenvalue weighted by Gasteiger charge is 2.10. The van der Waals surface area contributed by atoms with Gasteiger partial charge in [0.05, 0.1) is 25.7 Å². The zero-order valence-corrected chi connectivity index (χ0v) is 11.4. The van der Waals surface area contributed by atoms with Crippen molar-refractivity contribution in [3.63, 3.8) is 0 Å². The van der Waals surface area contributed by atoms with Crippen molar-refractivity contribution in [1.29, 1.82) is 5.26 Å². The Bertz CT molecular complexity index is 490. The molecule has 1 aliphatic heterocycles. The maximum absolute atomic E-state index is 11.6. The van der Waals surface area contributed by atoms with Crippen molar-refractivity contribution in [2.24, 2.45) is 0 Å². The molecule has 0 atom stereocenters. The topological polar surface area (TPSA) is 62.6 Å². The number of Topliss-reactive ketones (excluding diaryl/α,β-unsaturated/α-hetero) is 1. The molecule has 1 aromatic rings. The summed E-state index contributed by atoms with van der Waals surface area (Å²) in [5, 5.41) is 8.54. The number of ether oxygens (including phenoxy) is 2. The van der Waals surface area contributed by atoms with Crippen molar-refractivity contribution in [2.75, 3.05) is 39.5 Å². The summed E-state index contributed by atoms with van der Waals surface area (Å²) in [4.78, 5) is 13.9. The van der Waals surface area contributed by atoms with Crippen LogP contribution in [0.5, 0.6) is 5.75 Å². The van der Waals surface area contributed by atoms with Gasteiger partial charge in [-0.1, -0.05) is 12.1 Å². The molecule has 1 aromatic carbocycles. The van der Waals surface area contributed by atoms with Crippen LogP contribution in [0.15, 0.2) is 24.3 Å². The van der Waals surface area contributed by atoms with E-state index in [1.807, 2.05) is 12.1 Å². The predicted octanol–water partition coefficient (Wildman–Crippen LogP) is 1.49. The maximum atomic E-state index is 11.6. The molecule has 20 heavy (non-hydrogen) atoms. The summed E-state index contributed by atoms with van der Waals surface area (Å²) in [5.41, 5.74) is 0.524. The van der Waals surface area contributed by atoms with Gasteiger partial charge < -0.3 is 9.47 Å². The third-order valence-corrected chi connectivity index (χ3v) is 3.18. The zero-order chi connectivity index (χ0) is 14.2. The Hall–Kier alpha value is -1.90. The van der Waals surface area contributed by atoms with E-state index in [0.29, 0.717) is 17.9 Å². The van der Waals surface area contributed by atoms with E-state index in [-0.39, 0.29) is 12.2 Å². The predicted molar refractivity (Wildman–Crippen MR) is 73.8 cm³/mol. The molecular formula is C15H18N2O3. The van der Waals surface area contributed by atoms with Crippen molar-refractivity contribution >= 4 is 5.78 Å². The van der Waals surface area contributed by atoms with E-state index < -0.39 is 0 Å². The van der Waals surface area contributed by atoms with Gasteiger partial charge in [-0.05, 0) is 12.1 Å². The summed E-state index contributed by atoms with van der Waals surface area (Å²) in [7, 11) is 0.